The second kappa shape index (κ2) is 9.57. The first-order valence-corrected chi connectivity index (χ1v) is 16.4. The Labute approximate surface area is 275 Å². The summed E-state index contributed by atoms with van der Waals surface area (Å²) in [6.45, 7) is 0. The van der Waals surface area contributed by atoms with Crippen molar-refractivity contribution in [3.8, 4) is 33.4 Å². The van der Waals surface area contributed by atoms with Crippen LogP contribution in [0.4, 0.5) is 0 Å². The highest BCUT2D eigenvalue weighted by Gasteiger charge is 2.21. The van der Waals surface area contributed by atoms with Gasteiger partial charge in [0, 0.05) is 21.5 Å². The minimum atomic E-state index is 0.910. The van der Waals surface area contributed by atoms with Crippen molar-refractivity contribution in [1.29, 1.82) is 0 Å². The standard InChI is InChI=1S/C46H26O2/c1-3-12-33-31(10-1)42(32-11-2-4-13-34(32)44(33)37-15-8-18-40-45(37)36-14-5-6-16-38(36)47-40)29-21-19-27(20-22-29)30-25-26-41-46-35(30)24-23-28-9-7-17-39(48-41)43(28)46/h1-26H. The largest absolute Gasteiger partial charge is 0.456 e. The maximum atomic E-state index is 6.33. The molecule has 0 aliphatic heterocycles. The van der Waals surface area contributed by atoms with Gasteiger partial charge in [0.05, 0.1) is 0 Å². The van der Waals surface area contributed by atoms with Gasteiger partial charge in [-0.15, -0.1) is 0 Å². The predicted octanol–water partition coefficient (Wildman–Crippen LogP) is 13.4. The van der Waals surface area contributed by atoms with Gasteiger partial charge in [-0.3, -0.25) is 0 Å². The number of rotatable bonds is 3. The molecule has 0 spiro atoms. The zero-order chi connectivity index (χ0) is 31.3. The topological polar surface area (TPSA) is 26.3 Å². The molecule has 2 nitrogen and oxygen atoms in total. The normalized spacial score (nSPS) is 12.2. The van der Waals surface area contributed by atoms with E-state index in [1.165, 1.54) is 76.5 Å². The third-order valence-electron chi connectivity index (χ3n) is 10.3. The lowest BCUT2D eigenvalue weighted by molar-refractivity contribution is 0.669. The second-order valence-electron chi connectivity index (χ2n) is 12.8. The van der Waals surface area contributed by atoms with Crippen LogP contribution in [0.5, 0.6) is 0 Å². The summed E-state index contributed by atoms with van der Waals surface area (Å²) in [5, 5.41) is 12.1. The zero-order valence-electron chi connectivity index (χ0n) is 25.8. The van der Waals surface area contributed by atoms with Gasteiger partial charge in [0.25, 0.3) is 0 Å². The van der Waals surface area contributed by atoms with Crippen LogP contribution in [-0.2, 0) is 0 Å². The Morgan fingerprint density at radius 3 is 1.58 bits per heavy atom. The highest BCUT2D eigenvalue weighted by atomic mass is 16.3. The Balaban J connectivity index is 1.14. The number of fused-ring (bicyclic) bond motifs is 5. The molecule has 0 radical (unpaired) electrons. The van der Waals surface area contributed by atoms with Crippen molar-refractivity contribution in [3.05, 3.63) is 158 Å². The summed E-state index contributed by atoms with van der Waals surface area (Å²) in [5.41, 5.74) is 11.0. The van der Waals surface area contributed by atoms with Gasteiger partial charge in [0.2, 0.25) is 0 Å². The molecular weight excluding hydrogens is 585 g/mol. The predicted molar refractivity (Wildman–Crippen MR) is 201 cm³/mol. The van der Waals surface area contributed by atoms with E-state index < -0.39 is 0 Å². The van der Waals surface area contributed by atoms with E-state index in [0.717, 1.165) is 33.1 Å². The Morgan fingerprint density at radius 2 is 0.833 bits per heavy atom. The van der Waals surface area contributed by atoms with Crippen LogP contribution in [0.1, 0.15) is 0 Å². The Hall–Kier alpha value is -6.38. The molecule has 11 aromatic rings. The first-order valence-electron chi connectivity index (χ1n) is 16.4. The Kier molecular flexibility index (Phi) is 5.14. The molecule has 0 saturated carbocycles. The van der Waals surface area contributed by atoms with E-state index in [2.05, 4.69) is 152 Å². The molecular formula is C46H26O2. The lowest BCUT2D eigenvalue weighted by Gasteiger charge is -2.18. The molecule has 9 aromatic carbocycles. The number of benzene rings is 9. The average molecular weight is 611 g/mol. The van der Waals surface area contributed by atoms with Gasteiger partial charge in [-0.1, -0.05) is 133 Å². The van der Waals surface area contributed by atoms with Crippen LogP contribution in [0.3, 0.4) is 0 Å². The van der Waals surface area contributed by atoms with Gasteiger partial charge in [-0.25, -0.2) is 0 Å². The monoisotopic (exact) mass is 610 g/mol. The average Bonchev–Trinajstić information content (AvgIpc) is 3.72. The SMILES string of the molecule is c1ccc2c(c1)oc1cccc(-c3c4ccccc4c(-c4ccc(-c5ccc6oc7cccc8ccc5c6c87)cc4)c4ccccc34)c12. The van der Waals surface area contributed by atoms with Crippen LogP contribution in [0.15, 0.2) is 167 Å². The van der Waals surface area contributed by atoms with Gasteiger partial charge in [-0.2, -0.15) is 0 Å². The van der Waals surface area contributed by atoms with Gasteiger partial charge in [0.15, 0.2) is 0 Å². The third-order valence-corrected chi connectivity index (χ3v) is 10.3. The van der Waals surface area contributed by atoms with Crippen molar-refractivity contribution in [1.82, 2.24) is 0 Å². The quantitative estimate of drug-likeness (QED) is 0.147. The molecule has 2 aromatic heterocycles. The van der Waals surface area contributed by atoms with E-state index in [1.54, 1.807) is 0 Å². The maximum absolute atomic E-state index is 6.33. The van der Waals surface area contributed by atoms with Crippen LogP contribution >= 0.6 is 0 Å². The molecule has 48 heavy (non-hydrogen) atoms. The van der Waals surface area contributed by atoms with E-state index in [-0.39, 0.29) is 0 Å². The molecule has 2 heterocycles. The highest BCUT2D eigenvalue weighted by Crippen LogP contribution is 2.47. The van der Waals surface area contributed by atoms with E-state index in [4.69, 9.17) is 8.83 Å². The Morgan fingerprint density at radius 1 is 0.271 bits per heavy atom. The van der Waals surface area contributed by atoms with Crippen LogP contribution in [0.25, 0.3) is 110 Å². The molecule has 0 N–H and O–H groups in total. The fourth-order valence-corrected chi connectivity index (χ4v) is 8.23. The molecule has 0 amide bonds. The molecule has 2 heteroatoms. The van der Waals surface area contributed by atoms with Crippen LogP contribution in [-0.4, -0.2) is 0 Å². The molecule has 0 unspecified atom stereocenters. The molecule has 11 rings (SSSR count). The fourth-order valence-electron chi connectivity index (χ4n) is 8.23. The van der Waals surface area contributed by atoms with Crippen molar-refractivity contribution in [2.24, 2.45) is 0 Å². The Bertz CT molecular complexity index is 2990. The molecule has 0 fully saturated rings. The molecule has 0 atom stereocenters. The highest BCUT2D eigenvalue weighted by molar-refractivity contribution is 6.26. The smallest absolute Gasteiger partial charge is 0.136 e. The molecule has 0 saturated heterocycles. The van der Waals surface area contributed by atoms with Gasteiger partial charge >= 0.3 is 0 Å². The molecule has 0 aliphatic carbocycles. The second-order valence-corrected chi connectivity index (χ2v) is 12.8. The summed E-state index contributed by atoms with van der Waals surface area (Å²) in [4.78, 5) is 0. The van der Waals surface area contributed by atoms with Crippen LogP contribution in [0.2, 0.25) is 0 Å². The molecule has 0 aliphatic rings. The summed E-state index contributed by atoms with van der Waals surface area (Å²) >= 11 is 0. The van der Waals surface area contributed by atoms with Crippen LogP contribution < -0.4 is 0 Å². The van der Waals surface area contributed by atoms with Crippen molar-refractivity contribution in [2.45, 2.75) is 0 Å². The summed E-state index contributed by atoms with van der Waals surface area (Å²) in [6.07, 6.45) is 0. The number of furan rings is 2. The van der Waals surface area contributed by atoms with Crippen molar-refractivity contribution in [2.75, 3.05) is 0 Å². The van der Waals surface area contributed by atoms with Crippen LogP contribution in [0, 0.1) is 0 Å². The summed E-state index contributed by atoms with van der Waals surface area (Å²) < 4.78 is 12.6. The maximum Gasteiger partial charge on any atom is 0.136 e. The number of hydrogen-bond donors (Lipinski definition) is 0. The van der Waals surface area contributed by atoms with Crippen molar-refractivity contribution >= 4 is 76.2 Å². The third kappa shape index (κ3) is 3.46. The fraction of sp³-hybridized carbons (Fsp3) is 0. The van der Waals surface area contributed by atoms with Gasteiger partial charge in [-0.05, 0) is 90.0 Å². The lowest BCUT2D eigenvalue weighted by atomic mass is 9.84. The van der Waals surface area contributed by atoms with Gasteiger partial charge < -0.3 is 8.83 Å². The first kappa shape index (κ1) is 25.8. The molecule has 0 bridgehead atoms. The zero-order valence-corrected chi connectivity index (χ0v) is 25.8. The van der Waals surface area contributed by atoms with Crippen molar-refractivity contribution < 1.29 is 8.83 Å². The van der Waals surface area contributed by atoms with E-state index in [0.29, 0.717) is 0 Å². The minimum Gasteiger partial charge on any atom is -0.456 e. The summed E-state index contributed by atoms with van der Waals surface area (Å²) in [5.74, 6) is 0. The van der Waals surface area contributed by atoms with Crippen molar-refractivity contribution in [3.63, 3.8) is 0 Å². The lowest BCUT2D eigenvalue weighted by Crippen LogP contribution is -1.91. The summed E-state index contributed by atoms with van der Waals surface area (Å²) in [6, 6.07) is 56.7. The van der Waals surface area contributed by atoms with E-state index in [1.807, 2.05) is 6.07 Å². The minimum absolute atomic E-state index is 0.910. The number of para-hydroxylation sites is 1. The van der Waals surface area contributed by atoms with E-state index in [9.17, 15) is 0 Å². The van der Waals surface area contributed by atoms with E-state index >= 15 is 0 Å². The van der Waals surface area contributed by atoms with Gasteiger partial charge in [0.1, 0.15) is 22.3 Å². The number of hydrogen-bond acceptors (Lipinski definition) is 2. The molecule has 222 valence electrons. The first-order chi connectivity index (χ1) is 23.8. The summed E-state index contributed by atoms with van der Waals surface area (Å²) in [7, 11) is 0.